The third-order valence-corrected chi connectivity index (χ3v) is 4.78. The number of primary sulfonamides is 1. The zero-order valence-electron chi connectivity index (χ0n) is 10.5. The van der Waals surface area contributed by atoms with Gasteiger partial charge in [-0.1, -0.05) is 6.07 Å². The van der Waals surface area contributed by atoms with Crippen molar-refractivity contribution < 1.29 is 16.8 Å². The van der Waals surface area contributed by atoms with E-state index in [9.17, 15) is 16.8 Å². The second-order valence-electron chi connectivity index (χ2n) is 4.14. The second kappa shape index (κ2) is 5.87. The van der Waals surface area contributed by atoms with E-state index in [0.29, 0.717) is 5.69 Å². The highest BCUT2D eigenvalue weighted by atomic mass is 32.2. The Morgan fingerprint density at radius 3 is 2.37 bits per heavy atom. The number of hydrogen-bond donors (Lipinski definition) is 3. The number of benzene rings is 1. The number of nitrogens with two attached hydrogens (primary N) is 2. The van der Waals surface area contributed by atoms with Crippen LogP contribution in [0, 0.1) is 6.92 Å². The molecule has 0 aliphatic heterocycles. The molecule has 0 saturated heterocycles. The van der Waals surface area contributed by atoms with E-state index < -0.39 is 20.0 Å². The SMILES string of the molecule is Cc1ccc(S(=O)(=O)NCCCS(N)(=O)=O)cc1N. The Morgan fingerprint density at radius 1 is 1.21 bits per heavy atom. The highest BCUT2D eigenvalue weighted by Crippen LogP contribution is 2.16. The van der Waals surface area contributed by atoms with E-state index in [1.54, 1.807) is 13.0 Å². The van der Waals surface area contributed by atoms with E-state index in [1.807, 2.05) is 0 Å². The maximum Gasteiger partial charge on any atom is 0.240 e. The Bertz CT molecular complexity index is 653. The van der Waals surface area contributed by atoms with Crippen LogP contribution in [0.15, 0.2) is 23.1 Å². The summed E-state index contributed by atoms with van der Waals surface area (Å²) in [5.74, 6) is -0.272. The van der Waals surface area contributed by atoms with Crippen LogP contribution in [0.2, 0.25) is 0 Å². The molecule has 0 aromatic heterocycles. The first-order valence-electron chi connectivity index (χ1n) is 5.48. The lowest BCUT2D eigenvalue weighted by atomic mass is 10.2. The fourth-order valence-corrected chi connectivity index (χ4v) is 3.00. The zero-order chi connectivity index (χ0) is 14.7. The van der Waals surface area contributed by atoms with Crippen LogP contribution in [0.3, 0.4) is 0 Å². The Labute approximate surface area is 113 Å². The lowest BCUT2D eigenvalue weighted by Crippen LogP contribution is -2.27. The van der Waals surface area contributed by atoms with Crippen molar-refractivity contribution in [3.05, 3.63) is 23.8 Å². The van der Waals surface area contributed by atoms with Crippen molar-refractivity contribution in [1.29, 1.82) is 0 Å². The fraction of sp³-hybridized carbons (Fsp3) is 0.400. The average Bonchev–Trinajstić information content (AvgIpc) is 2.27. The van der Waals surface area contributed by atoms with Gasteiger partial charge in [-0.3, -0.25) is 0 Å². The van der Waals surface area contributed by atoms with Gasteiger partial charge in [0, 0.05) is 12.2 Å². The van der Waals surface area contributed by atoms with Gasteiger partial charge in [0.05, 0.1) is 10.6 Å². The Hall–Kier alpha value is -1.16. The Kier molecular flexibility index (Phi) is 4.91. The maximum absolute atomic E-state index is 11.9. The number of rotatable bonds is 6. The molecule has 5 N–H and O–H groups in total. The number of sulfonamides is 2. The van der Waals surface area contributed by atoms with E-state index in [4.69, 9.17) is 10.9 Å². The highest BCUT2D eigenvalue weighted by Gasteiger charge is 2.14. The first-order chi connectivity index (χ1) is 8.62. The van der Waals surface area contributed by atoms with Crippen molar-refractivity contribution >= 4 is 25.7 Å². The molecule has 0 amide bonds. The molecule has 0 bridgehead atoms. The lowest BCUT2D eigenvalue weighted by Gasteiger charge is -2.08. The molecule has 0 aliphatic rings. The first kappa shape index (κ1) is 15.9. The van der Waals surface area contributed by atoms with Gasteiger partial charge in [0.1, 0.15) is 0 Å². The summed E-state index contributed by atoms with van der Waals surface area (Å²) in [4.78, 5) is 0.0474. The summed E-state index contributed by atoms with van der Waals surface area (Å²) < 4.78 is 47.4. The number of nitrogens with one attached hydrogen (secondary N) is 1. The Balaban J connectivity index is 2.68. The molecule has 0 unspecified atom stereocenters. The predicted octanol–water partition coefficient (Wildman–Crippen LogP) is -0.466. The van der Waals surface area contributed by atoms with Gasteiger partial charge in [0.15, 0.2) is 0 Å². The molecule has 7 nitrogen and oxygen atoms in total. The maximum atomic E-state index is 11.9. The zero-order valence-corrected chi connectivity index (χ0v) is 12.1. The molecule has 9 heteroatoms. The molecule has 0 saturated carbocycles. The van der Waals surface area contributed by atoms with Crippen LogP contribution in [0.1, 0.15) is 12.0 Å². The lowest BCUT2D eigenvalue weighted by molar-refractivity contribution is 0.576. The van der Waals surface area contributed by atoms with Crippen molar-refractivity contribution in [3.8, 4) is 0 Å². The largest absolute Gasteiger partial charge is 0.398 e. The first-order valence-corrected chi connectivity index (χ1v) is 8.68. The quantitative estimate of drug-likeness (QED) is 0.483. The van der Waals surface area contributed by atoms with E-state index in [1.165, 1.54) is 12.1 Å². The van der Waals surface area contributed by atoms with Crippen LogP contribution in [-0.2, 0) is 20.0 Å². The van der Waals surface area contributed by atoms with Gasteiger partial charge in [-0.2, -0.15) is 0 Å². The predicted molar refractivity (Wildman–Crippen MR) is 73.4 cm³/mol. The third-order valence-electron chi connectivity index (χ3n) is 2.46. The summed E-state index contributed by atoms with van der Waals surface area (Å²) in [5, 5.41) is 4.81. The Morgan fingerprint density at radius 2 is 1.84 bits per heavy atom. The number of aryl methyl sites for hydroxylation is 1. The summed E-state index contributed by atoms with van der Waals surface area (Å²) in [5.41, 5.74) is 6.81. The molecule has 1 aromatic rings. The van der Waals surface area contributed by atoms with Crippen molar-refractivity contribution in [3.63, 3.8) is 0 Å². The van der Waals surface area contributed by atoms with E-state index in [-0.39, 0.29) is 23.6 Å². The summed E-state index contributed by atoms with van der Waals surface area (Å²) in [6.45, 7) is 1.76. The number of anilines is 1. The van der Waals surface area contributed by atoms with E-state index >= 15 is 0 Å². The molecular formula is C10H17N3O4S2. The summed E-state index contributed by atoms with van der Waals surface area (Å²) in [6, 6.07) is 4.40. The highest BCUT2D eigenvalue weighted by molar-refractivity contribution is 7.89. The van der Waals surface area contributed by atoms with Gasteiger partial charge in [0.2, 0.25) is 20.0 Å². The second-order valence-corrected chi connectivity index (χ2v) is 7.64. The number of hydrogen-bond acceptors (Lipinski definition) is 5. The van der Waals surface area contributed by atoms with Crippen molar-refractivity contribution in [2.75, 3.05) is 18.0 Å². The standard InChI is InChI=1S/C10H17N3O4S2/c1-8-3-4-9(7-10(8)11)19(16,17)13-5-2-6-18(12,14)15/h3-4,7,13H,2,5-6,11H2,1H3,(H2,12,14,15). The smallest absolute Gasteiger partial charge is 0.240 e. The molecule has 0 spiro atoms. The van der Waals surface area contributed by atoms with Crippen LogP contribution in [0.4, 0.5) is 5.69 Å². The summed E-state index contributed by atoms with van der Waals surface area (Å²) >= 11 is 0. The molecule has 19 heavy (non-hydrogen) atoms. The molecule has 0 atom stereocenters. The van der Waals surface area contributed by atoms with Crippen LogP contribution < -0.4 is 15.6 Å². The molecule has 108 valence electrons. The molecule has 0 fully saturated rings. The summed E-state index contributed by atoms with van der Waals surface area (Å²) in [7, 11) is -7.26. The molecule has 0 heterocycles. The summed E-state index contributed by atoms with van der Waals surface area (Å²) in [6.07, 6.45) is 0.111. The van der Waals surface area contributed by atoms with Gasteiger partial charge >= 0.3 is 0 Å². The molecule has 1 aromatic carbocycles. The molecule has 0 aliphatic carbocycles. The van der Waals surface area contributed by atoms with Crippen LogP contribution >= 0.6 is 0 Å². The molecule has 1 rings (SSSR count). The average molecular weight is 307 g/mol. The van der Waals surface area contributed by atoms with Gasteiger partial charge in [-0.05, 0) is 31.0 Å². The van der Waals surface area contributed by atoms with Gasteiger partial charge in [-0.25, -0.2) is 26.7 Å². The minimum absolute atomic E-state index is 0.00740. The van der Waals surface area contributed by atoms with Crippen LogP contribution in [-0.4, -0.2) is 29.1 Å². The fourth-order valence-electron chi connectivity index (χ4n) is 1.35. The minimum atomic E-state index is -3.68. The van der Waals surface area contributed by atoms with Crippen molar-refractivity contribution in [2.45, 2.75) is 18.2 Å². The molecular weight excluding hydrogens is 290 g/mol. The van der Waals surface area contributed by atoms with Crippen LogP contribution in [0.5, 0.6) is 0 Å². The number of nitrogen functional groups attached to an aromatic ring is 1. The van der Waals surface area contributed by atoms with Gasteiger partial charge < -0.3 is 5.73 Å². The topological polar surface area (TPSA) is 132 Å². The third kappa shape index (κ3) is 5.15. The van der Waals surface area contributed by atoms with E-state index in [2.05, 4.69) is 4.72 Å². The van der Waals surface area contributed by atoms with Crippen LogP contribution in [0.25, 0.3) is 0 Å². The van der Waals surface area contributed by atoms with Crippen molar-refractivity contribution in [2.24, 2.45) is 5.14 Å². The van der Waals surface area contributed by atoms with Gasteiger partial charge in [-0.15, -0.1) is 0 Å². The monoisotopic (exact) mass is 307 g/mol. The minimum Gasteiger partial charge on any atom is -0.398 e. The molecule has 0 radical (unpaired) electrons. The van der Waals surface area contributed by atoms with E-state index in [0.717, 1.165) is 5.56 Å². The van der Waals surface area contributed by atoms with Crippen molar-refractivity contribution in [1.82, 2.24) is 4.72 Å². The van der Waals surface area contributed by atoms with Gasteiger partial charge in [0.25, 0.3) is 0 Å². The normalized spacial score (nSPS) is 12.5.